The molecule has 0 aliphatic carbocycles. The Hall–Kier alpha value is -0.950. The average molecular weight is 356 g/mol. The van der Waals surface area contributed by atoms with Crippen molar-refractivity contribution in [2.45, 2.75) is 6.18 Å². The lowest BCUT2D eigenvalue weighted by molar-refractivity contribution is -0.145. The van der Waals surface area contributed by atoms with Gasteiger partial charge in [-0.3, -0.25) is 4.90 Å². The number of alkyl halides is 4. The summed E-state index contributed by atoms with van der Waals surface area (Å²) in [5, 5.41) is 0.484. The Morgan fingerprint density at radius 2 is 1.80 bits per heavy atom. The van der Waals surface area contributed by atoms with Crippen LogP contribution in [-0.2, 0) is 0 Å². The van der Waals surface area contributed by atoms with Crippen LogP contribution in [0.1, 0.15) is 0 Å². The maximum absolute atomic E-state index is 12.4. The topological polar surface area (TPSA) is 21.7 Å². The van der Waals surface area contributed by atoms with Crippen LogP contribution in [-0.4, -0.2) is 49.8 Å². The lowest BCUT2D eigenvalue weighted by Gasteiger charge is -2.22. The molecule has 0 heterocycles. The van der Waals surface area contributed by atoms with Crippen molar-refractivity contribution >= 4 is 15.9 Å². The summed E-state index contributed by atoms with van der Waals surface area (Å²) in [6.07, 6.45) is -4.20. The summed E-state index contributed by atoms with van der Waals surface area (Å²) in [6.45, 7) is -0.255. The Morgan fingerprint density at radius 1 is 1.15 bits per heavy atom. The van der Waals surface area contributed by atoms with Crippen molar-refractivity contribution in [3.63, 3.8) is 0 Å². The van der Waals surface area contributed by atoms with Gasteiger partial charge in [-0.1, -0.05) is 28.1 Å². The van der Waals surface area contributed by atoms with E-state index in [9.17, 15) is 13.2 Å². The highest BCUT2D eigenvalue weighted by Gasteiger charge is 2.30. The zero-order valence-corrected chi connectivity index (χ0v) is 12.7. The van der Waals surface area contributed by atoms with Crippen LogP contribution in [0.4, 0.5) is 13.2 Å². The van der Waals surface area contributed by atoms with Gasteiger partial charge in [0.2, 0.25) is 0 Å². The second kappa shape index (κ2) is 8.36. The van der Waals surface area contributed by atoms with E-state index in [0.717, 1.165) is 0 Å². The lowest BCUT2D eigenvalue weighted by Crippen LogP contribution is -2.38. The van der Waals surface area contributed by atoms with E-state index in [2.05, 4.69) is 15.9 Å². The van der Waals surface area contributed by atoms with E-state index in [1.54, 1.807) is 24.3 Å². The fraction of sp³-hybridized carbons (Fsp3) is 0.538. The zero-order chi connectivity index (χ0) is 15.0. The number of hydrogen-bond acceptors (Lipinski definition) is 3. The predicted molar refractivity (Wildman–Crippen MR) is 74.8 cm³/mol. The Labute approximate surface area is 124 Å². The summed E-state index contributed by atoms with van der Waals surface area (Å²) >= 11 is 3.15. The van der Waals surface area contributed by atoms with Crippen molar-refractivity contribution in [2.75, 3.05) is 38.7 Å². The van der Waals surface area contributed by atoms with Gasteiger partial charge in [0.1, 0.15) is 6.61 Å². The van der Waals surface area contributed by atoms with Crippen molar-refractivity contribution in [3.05, 3.63) is 24.3 Å². The smallest absolute Gasteiger partial charge is 0.401 e. The normalized spacial score (nSPS) is 11.7. The van der Waals surface area contributed by atoms with Crippen LogP contribution in [0, 0.1) is 0 Å². The van der Waals surface area contributed by atoms with Gasteiger partial charge in [-0.2, -0.15) is 13.2 Å². The summed E-state index contributed by atoms with van der Waals surface area (Å²) in [6, 6.07) is 7.04. The van der Waals surface area contributed by atoms with E-state index >= 15 is 0 Å². The van der Waals surface area contributed by atoms with Crippen molar-refractivity contribution in [3.8, 4) is 11.5 Å². The van der Waals surface area contributed by atoms with Crippen molar-refractivity contribution in [2.24, 2.45) is 0 Å². The maximum atomic E-state index is 12.4. The summed E-state index contributed by atoms with van der Waals surface area (Å²) in [5.74, 6) is 1.09. The number of benzene rings is 1. The number of hydrogen-bond donors (Lipinski definition) is 0. The highest BCUT2D eigenvalue weighted by atomic mass is 79.9. The monoisotopic (exact) mass is 355 g/mol. The predicted octanol–water partition coefficient (Wildman–Crippen LogP) is 3.33. The Bertz CT molecular complexity index is 401. The Kier molecular flexibility index (Phi) is 7.15. The summed E-state index contributed by atoms with van der Waals surface area (Å²) in [5.41, 5.74) is 0. The molecule has 0 aliphatic rings. The number of nitrogens with zero attached hydrogens (tertiary/aromatic N) is 1. The molecule has 0 fully saturated rings. The molecular weight excluding hydrogens is 339 g/mol. The third-order valence-corrected chi connectivity index (χ3v) is 2.89. The number of ether oxygens (including phenoxy) is 2. The van der Waals surface area contributed by atoms with Gasteiger partial charge >= 0.3 is 6.18 Å². The minimum atomic E-state index is -4.20. The van der Waals surface area contributed by atoms with Crippen LogP contribution < -0.4 is 9.47 Å². The van der Waals surface area contributed by atoms with Gasteiger partial charge in [-0.25, -0.2) is 0 Å². The van der Waals surface area contributed by atoms with Crippen LogP contribution in [0.2, 0.25) is 0 Å². The van der Waals surface area contributed by atoms with Gasteiger partial charge < -0.3 is 9.47 Å². The molecule has 1 rings (SSSR count). The van der Waals surface area contributed by atoms with Crippen LogP contribution >= 0.6 is 15.9 Å². The molecule has 1 aromatic rings. The van der Waals surface area contributed by atoms with E-state index < -0.39 is 12.7 Å². The quantitative estimate of drug-likeness (QED) is 0.667. The highest BCUT2D eigenvalue weighted by Crippen LogP contribution is 2.25. The van der Waals surface area contributed by atoms with Crippen LogP contribution in [0.25, 0.3) is 0 Å². The summed E-state index contributed by atoms with van der Waals surface area (Å²) in [4.78, 5) is 1.30. The van der Waals surface area contributed by atoms with Gasteiger partial charge in [0.05, 0.1) is 13.7 Å². The molecule has 20 heavy (non-hydrogen) atoms. The van der Waals surface area contributed by atoms with Crippen LogP contribution in [0.3, 0.4) is 0 Å². The molecule has 0 atom stereocenters. The number of methoxy groups -OCH3 is 1. The summed E-state index contributed by atoms with van der Waals surface area (Å²) < 4.78 is 47.7. The van der Waals surface area contributed by atoms with E-state index in [1.807, 2.05) is 0 Å². The van der Waals surface area contributed by atoms with Gasteiger partial charge in [0, 0.05) is 18.4 Å². The molecule has 0 amide bonds. The molecule has 0 radical (unpaired) electrons. The zero-order valence-electron chi connectivity index (χ0n) is 11.1. The van der Waals surface area contributed by atoms with Crippen LogP contribution in [0.15, 0.2) is 24.3 Å². The highest BCUT2D eigenvalue weighted by molar-refractivity contribution is 9.09. The number of para-hydroxylation sites is 2. The fourth-order valence-corrected chi connectivity index (χ4v) is 2.17. The van der Waals surface area contributed by atoms with Gasteiger partial charge in [0.25, 0.3) is 0 Å². The molecular formula is C13H17BrF3NO2. The second-order valence-electron chi connectivity index (χ2n) is 4.08. The third kappa shape index (κ3) is 6.47. The Morgan fingerprint density at radius 3 is 2.35 bits per heavy atom. The van der Waals surface area contributed by atoms with Gasteiger partial charge in [-0.05, 0) is 12.1 Å². The van der Waals surface area contributed by atoms with E-state index in [4.69, 9.17) is 9.47 Å². The van der Waals surface area contributed by atoms with E-state index in [0.29, 0.717) is 23.4 Å². The molecule has 0 N–H and O–H groups in total. The largest absolute Gasteiger partial charge is 0.493 e. The third-order valence-electron chi connectivity index (χ3n) is 2.54. The first-order chi connectivity index (χ1) is 9.46. The first-order valence-corrected chi connectivity index (χ1v) is 7.19. The SMILES string of the molecule is COc1ccccc1OCCN(CCBr)CC(F)(F)F. The van der Waals surface area contributed by atoms with Gasteiger partial charge in [0.15, 0.2) is 11.5 Å². The minimum absolute atomic E-state index is 0.170. The first-order valence-electron chi connectivity index (χ1n) is 6.07. The van der Waals surface area contributed by atoms with E-state index in [1.165, 1.54) is 12.0 Å². The molecule has 0 saturated heterocycles. The van der Waals surface area contributed by atoms with Crippen molar-refractivity contribution < 1.29 is 22.6 Å². The van der Waals surface area contributed by atoms with Gasteiger partial charge in [-0.15, -0.1) is 0 Å². The standard InChI is InChI=1S/C13H17BrF3NO2/c1-19-11-4-2-3-5-12(11)20-9-8-18(7-6-14)10-13(15,16)17/h2-5H,6-10H2,1H3. The molecule has 0 aliphatic heterocycles. The molecule has 0 saturated carbocycles. The molecule has 3 nitrogen and oxygen atoms in total. The number of halogens is 4. The van der Waals surface area contributed by atoms with Crippen molar-refractivity contribution in [1.29, 1.82) is 0 Å². The minimum Gasteiger partial charge on any atom is -0.493 e. The van der Waals surface area contributed by atoms with Crippen molar-refractivity contribution in [1.82, 2.24) is 4.90 Å². The van der Waals surface area contributed by atoms with E-state index in [-0.39, 0.29) is 13.2 Å². The first kappa shape index (κ1) is 17.1. The molecule has 0 aromatic heterocycles. The molecule has 114 valence electrons. The molecule has 7 heteroatoms. The summed E-state index contributed by atoms with van der Waals surface area (Å²) in [7, 11) is 1.52. The molecule has 0 unspecified atom stereocenters. The fourth-order valence-electron chi connectivity index (χ4n) is 1.67. The van der Waals surface area contributed by atoms with Crippen LogP contribution in [0.5, 0.6) is 11.5 Å². The lowest BCUT2D eigenvalue weighted by atomic mass is 10.3. The molecule has 0 spiro atoms. The Balaban J connectivity index is 2.47. The number of rotatable bonds is 8. The molecule has 0 bridgehead atoms. The maximum Gasteiger partial charge on any atom is 0.401 e. The average Bonchev–Trinajstić information content (AvgIpc) is 2.37. The second-order valence-corrected chi connectivity index (χ2v) is 4.87. The molecule has 1 aromatic carbocycles.